The van der Waals surface area contributed by atoms with Gasteiger partial charge in [-0.1, -0.05) is 15.9 Å². The van der Waals surface area contributed by atoms with E-state index in [1.165, 1.54) is 7.11 Å². The van der Waals surface area contributed by atoms with Crippen LogP contribution in [0.4, 0.5) is 5.82 Å². The van der Waals surface area contributed by atoms with Crippen LogP contribution >= 0.6 is 38.5 Å². The van der Waals surface area contributed by atoms with E-state index in [9.17, 15) is 4.79 Å². The molecule has 0 bridgehead atoms. The number of nitrogens with one attached hydrogen (secondary N) is 1. The number of amides is 1. The zero-order valence-electron chi connectivity index (χ0n) is 9.98. The van der Waals surface area contributed by atoms with Crippen LogP contribution in [0.15, 0.2) is 41.0 Å². The number of nitrogens with zero attached hydrogens (tertiary/aromatic N) is 1. The van der Waals surface area contributed by atoms with Crippen molar-refractivity contribution in [3.05, 3.63) is 50.1 Å². The Kier molecular flexibility index (Phi) is 4.76. The van der Waals surface area contributed by atoms with Gasteiger partial charge in [0.25, 0.3) is 5.91 Å². The number of methoxy groups -OCH3 is 1. The van der Waals surface area contributed by atoms with Crippen molar-refractivity contribution in [3.63, 3.8) is 0 Å². The first-order valence-electron chi connectivity index (χ1n) is 5.36. The van der Waals surface area contributed by atoms with Gasteiger partial charge < -0.3 is 10.1 Å². The molecule has 4 nitrogen and oxygen atoms in total. The number of carbonyl (C=O) groups excluding carboxylic acids is 1. The summed E-state index contributed by atoms with van der Waals surface area (Å²) in [5.41, 5.74) is 0.464. The standard InChI is InChI=1S/C13H10BrIN2O2/c1-19-11-6-8(14)2-4-10(11)13(18)17-12-5-3-9(15)7-16-12/h2-7H,1H3,(H,16,17,18). The molecular weight excluding hydrogens is 423 g/mol. The van der Waals surface area contributed by atoms with E-state index < -0.39 is 0 Å². The molecule has 0 spiro atoms. The van der Waals surface area contributed by atoms with Crippen LogP contribution in [0.3, 0.4) is 0 Å². The van der Waals surface area contributed by atoms with Gasteiger partial charge in [0.2, 0.25) is 0 Å². The highest BCUT2D eigenvalue weighted by Gasteiger charge is 2.13. The zero-order chi connectivity index (χ0) is 13.8. The van der Waals surface area contributed by atoms with Crippen LogP contribution in [-0.2, 0) is 0 Å². The second-order valence-electron chi connectivity index (χ2n) is 3.66. The quantitative estimate of drug-likeness (QED) is 0.752. The van der Waals surface area contributed by atoms with E-state index in [-0.39, 0.29) is 5.91 Å². The number of halogens is 2. The number of rotatable bonds is 3. The van der Waals surface area contributed by atoms with E-state index >= 15 is 0 Å². The van der Waals surface area contributed by atoms with Crippen LogP contribution in [0.25, 0.3) is 0 Å². The number of hydrogen-bond acceptors (Lipinski definition) is 3. The molecule has 0 fully saturated rings. The molecule has 0 aliphatic carbocycles. The Morgan fingerprint density at radius 1 is 1.37 bits per heavy atom. The minimum Gasteiger partial charge on any atom is -0.496 e. The fourth-order valence-corrected chi connectivity index (χ4v) is 2.15. The van der Waals surface area contributed by atoms with Crippen molar-refractivity contribution in [1.82, 2.24) is 4.98 Å². The fraction of sp³-hybridized carbons (Fsp3) is 0.0769. The van der Waals surface area contributed by atoms with Gasteiger partial charge in [0.15, 0.2) is 0 Å². The summed E-state index contributed by atoms with van der Waals surface area (Å²) in [4.78, 5) is 16.3. The summed E-state index contributed by atoms with van der Waals surface area (Å²) >= 11 is 5.49. The Hall–Kier alpha value is -1.15. The smallest absolute Gasteiger partial charge is 0.260 e. The minimum atomic E-state index is -0.252. The number of hydrogen-bond donors (Lipinski definition) is 1. The average Bonchev–Trinajstić information content (AvgIpc) is 2.41. The van der Waals surface area contributed by atoms with Gasteiger partial charge in [-0.3, -0.25) is 4.79 Å². The minimum absolute atomic E-state index is 0.252. The summed E-state index contributed by atoms with van der Waals surface area (Å²) in [6.07, 6.45) is 1.69. The van der Waals surface area contributed by atoms with Gasteiger partial charge in [0.05, 0.1) is 12.7 Å². The third kappa shape index (κ3) is 3.66. The molecule has 0 saturated carbocycles. The lowest BCUT2D eigenvalue weighted by molar-refractivity contribution is 0.102. The molecule has 98 valence electrons. The van der Waals surface area contributed by atoms with Crippen molar-refractivity contribution in [3.8, 4) is 5.75 Å². The molecule has 0 aliphatic rings. The molecule has 2 aromatic rings. The number of anilines is 1. The Morgan fingerprint density at radius 3 is 2.79 bits per heavy atom. The summed E-state index contributed by atoms with van der Waals surface area (Å²) in [6.45, 7) is 0. The molecule has 1 heterocycles. The number of ether oxygens (including phenoxy) is 1. The van der Waals surface area contributed by atoms with Gasteiger partial charge in [0.1, 0.15) is 11.6 Å². The molecule has 0 aliphatic heterocycles. The van der Waals surface area contributed by atoms with Crippen molar-refractivity contribution in [2.24, 2.45) is 0 Å². The molecule has 1 N–H and O–H groups in total. The van der Waals surface area contributed by atoms with Crippen LogP contribution in [0.2, 0.25) is 0 Å². The Labute approximate surface area is 132 Å². The Morgan fingerprint density at radius 2 is 2.16 bits per heavy atom. The largest absolute Gasteiger partial charge is 0.496 e. The first kappa shape index (κ1) is 14.3. The summed E-state index contributed by atoms with van der Waals surface area (Å²) in [7, 11) is 1.53. The molecule has 0 radical (unpaired) electrons. The first-order valence-corrected chi connectivity index (χ1v) is 7.24. The van der Waals surface area contributed by atoms with Gasteiger partial charge in [-0.2, -0.15) is 0 Å². The first-order chi connectivity index (χ1) is 9.10. The van der Waals surface area contributed by atoms with Crippen LogP contribution in [-0.4, -0.2) is 18.0 Å². The summed E-state index contributed by atoms with van der Waals surface area (Å²) in [5, 5.41) is 2.73. The van der Waals surface area contributed by atoms with Crippen LogP contribution < -0.4 is 10.1 Å². The molecule has 1 aromatic heterocycles. The second kappa shape index (κ2) is 6.33. The third-order valence-corrected chi connectivity index (χ3v) is 3.51. The number of pyridine rings is 1. The van der Waals surface area contributed by atoms with Crippen molar-refractivity contribution >= 4 is 50.2 Å². The normalized spacial score (nSPS) is 10.1. The highest BCUT2D eigenvalue weighted by Crippen LogP contribution is 2.24. The van der Waals surface area contributed by atoms with E-state index in [1.54, 1.807) is 30.5 Å². The molecule has 0 saturated heterocycles. The molecule has 1 aromatic carbocycles. The van der Waals surface area contributed by atoms with Crippen LogP contribution in [0.5, 0.6) is 5.75 Å². The van der Waals surface area contributed by atoms with E-state index in [0.717, 1.165) is 8.04 Å². The summed E-state index contributed by atoms with van der Waals surface area (Å²) in [6, 6.07) is 8.87. The van der Waals surface area contributed by atoms with Crippen molar-refractivity contribution in [2.75, 3.05) is 12.4 Å². The lowest BCUT2D eigenvalue weighted by atomic mass is 10.2. The number of carbonyl (C=O) groups is 1. The Bertz CT molecular complexity index is 602. The van der Waals surface area contributed by atoms with Crippen molar-refractivity contribution in [2.45, 2.75) is 0 Å². The van der Waals surface area contributed by atoms with Gasteiger partial charge in [0, 0.05) is 14.2 Å². The number of benzene rings is 1. The molecule has 0 unspecified atom stereocenters. The van der Waals surface area contributed by atoms with Crippen LogP contribution in [0.1, 0.15) is 10.4 Å². The topological polar surface area (TPSA) is 51.2 Å². The molecule has 0 atom stereocenters. The lowest BCUT2D eigenvalue weighted by Crippen LogP contribution is -2.14. The maximum atomic E-state index is 12.1. The van der Waals surface area contributed by atoms with Gasteiger partial charge in [-0.15, -0.1) is 0 Å². The number of aromatic nitrogens is 1. The highest BCUT2D eigenvalue weighted by atomic mass is 127. The van der Waals surface area contributed by atoms with Gasteiger partial charge in [-0.05, 0) is 52.9 Å². The van der Waals surface area contributed by atoms with Crippen molar-refractivity contribution in [1.29, 1.82) is 0 Å². The van der Waals surface area contributed by atoms with Crippen LogP contribution in [0, 0.1) is 3.57 Å². The zero-order valence-corrected chi connectivity index (χ0v) is 13.7. The maximum Gasteiger partial charge on any atom is 0.260 e. The maximum absolute atomic E-state index is 12.1. The second-order valence-corrected chi connectivity index (χ2v) is 5.82. The molecule has 1 amide bonds. The fourth-order valence-electron chi connectivity index (χ4n) is 1.49. The van der Waals surface area contributed by atoms with E-state index in [1.807, 2.05) is 6.07 Å². The molecule has 19 heavy (non-hydrogen) atoms. The molecule has 6 heteroatoms. The summed E-state index contributed by atoms with van der Waals surface area (Å²) < 4.78 is 7.06. The van der Waals surface area contributed by atoms with E-state index in [4.69, 9.17) is 4.74 Å². The van der Waals surface area contributed by atoms with Crippen molar-refractivity contribution < 1.29 is 9.53 Å². The van der Waals surface area contributed by atoms with Gasteiger partial charge >= 0.3 is 0 Å². The SMILES string of the molecule is COc1cc(Br)ccc1C(=O)Nc1ccc(I)cn1. The van der Waals surface area contributed by atoms with Gasteiger partial charge in [-0.25, -0.2) is 4.98 Å². The third-order valence-electron chi connectivity index (χ3n) is 2.38. The monoisotopic (exact) mass is 432 g/mol. The highest BCUT2D eigenvalue weighted by molar-refractivity contribution is 14.1. The lowest BCUT2D eigenvalue weighted by Gasteiger charge is -2.09. The summed E-state index contributed by atoms with van der Waals surface area (Å²) in [5.74, 6) is 0.769. The Balaban J connectivity index is 2.22. The van der Waals surface area contributed by atoms with E-state index in [2.05, 4.69) is 48.8 Å². The predicted molar refractivity (Wildman–Crippen MR) is 85.6 cm³/mol. The molecular formula is C13H10BrIN2O2. The van der Waals surface area contributed by atoms with E-state index in [0.29, 0.717) is 17.1 Å². The average molecular weight is 433 g/mol. The predicted octanol–water partition coefficient (Wildman–Crippen LogP) is 3.71. The molecule has 2 rings (SSSR count).